The van der Waals surface area contributed by atoms with Crippen LogP contribution in [0.3, 0.4) is 0 Å². The Morgan fingerprint density at radius 1 is 1.10 bits per heavy atom. The van der Waals surface area contributed by atoms with Gasteiger partial charge in [-0.15, -0.1) is 0 Å². The molecule has 10 nitrogen and oxygen atoms in total. The number of imidazole rings is 1. The van der Waals surface area contributed by atoms with E-state index in [0.29, 0.717) is 39.5 Å². The van der Waals surface area contributed by atoms with Crippen molar-refractivity contribution < 1.29 is 18.8 Å². The highest BCUT2D eigenvalue weighted by Gasteiger charge is 2.26. The highest BCUT2D eigenvalue weighted by molar-refractivity contribution is 6.30. The van der Waals surface area contributed by atoms with Crippen LogP contribution in [0.4, 0.5) is 0 Å². The van der Waals surface area contributed by atoms with Gasteiger partial charge in [-0.3, -0.25) is 18.9 Å². The van der Waals surface area contributed by atoms with Gasteiger partial charge in [0.1, 0.15) is 0 Å². The molecule has 0 radical (unpaired) electrons. The second kappa shape index (κ2) is 10.9. The molecular weight excluding hydrogens is 546 g/mol. The minimum absolute atomic E-state index is 0.0544. The SMILES string of the molecule is COC(=O)c1noc2cc(-n3c(=O)n(C[C@H]4CC[C@H](NC(=O)c5cc(Cl)cnc5C)CC4)c4ccccc43)ccc12. The molecule has 1 saturated carbocycles. The molecule has 0 aliphatic heterocycles. The molecule has 0 bridgehead atoms. The van der Waals surface area contributed by atoms with E-state index in [2.05, 4.69) is 15.5 Å². The second-order valence-electron chi connectivity index (χ2n) is 10.4. The lowest BCUT2D eigenvalue weighted by molar-refractivity contribution is 0.0591. The first-order valence-electron chi connectivity index (χ1n) is 13.5. The zero-order valence-corrected chi connectivity index (χ0v) is 23.4. The van der Waals surface area contributed by atoms with E-state index in [4.69, 9.17) is 20.9 Å². The lowest BCUT2D eigenvalue weighted by Crippen LogP contribution is -2.39. The van der Waals surface area contributed by atoms with E-state index >= 15 is 0 Å². The van der Waals surface area contributed by atoms with Gasteiger partial charge >= 0.3 is 11.7 Å². The number of ether oxygens (including phenoxy) is 1. The van der Waals surface area contributed by atoms with Crippen molar-refractivity contribution >= 4 is 45.5 Å². The van der Waals surface area contributed by atoms with Gasteiger partial charge in [0.05, 0.1) is 45.5 Å². The number of fused-ring (bicyclic) bond motifs is 2. The average molecular weight is 574 g/mol. The minimum Gasteiger partial charge on any atom is -0.464 e. The Bertz CT molecular complexity index is 1850. The number of methoxy groups -OCH3 is 1. The molecule has 1 fully saturated rings. The number of rotatable bonds is 6. The summed E-state index contributed by atoms with van der Waals surface area (Å²) in [4.78, 5) is 42.8. The van der Waals surface area contributed by atoms with Crippen molar-refractivity contribution in [1.82, 2.24) is 24.6 Å². The monoisotopic (exact) mass is 573 g/mol. The zero-order chi connectivity index (χ0) is 28.7. The first kappa shape index (κ1) is 26.8. The number of hydrogen-bond donors (Lipinski definition) is 1. The molecule has 2 aromatic carbocycles. The van der Waals surface area contributed by atoms with E-state index in [9.17, 15) is 14.4 Å². The Balaban J connectivity index is 1.21. The molecule has 1 aliphatic rings. The summed E-state index contributed by atoms with van der Waals surface area (Å²) in [7, 11) is 1.29. The van der Waals surface area contributed by atoms with Crippen LogP contribution in [-0.2, 0) is 11.3 Å². The Hall–Kier alpha value is -4.44. The average Bonchev–Trinajstić information content (AvgIpc) is 3.53. The molecule has 210 valence electrons. The minimum atomic E-state index is -0.587. The number of para-hydroxylation sites is 2. The van der Waals surface area contributed by atoms with Crippen molar-refractivity contribution in [2.75, 3.05) is 7.11 Å². The number of nitrogens with one attached hydrogen (secondary N) is 1. The highest BCUT2D eigenvalue weighted by Crippen LogP contribution is 2.29. The van der Waals surface area contributed by atoms with Crippen LogP contribution in [0, 0.1) is 12.8 Å². The van der Waals surface area contributed by atoms with Crippen LogP contribution in [0.2, 0.25) is 5.02 Å². The van der Waals surface area contributed by atoms with Gasteiger partial charge in [-0.25, -0.2) is 9.59 Å². The molecule has 0 saturated heterocycles. The van der Waals surface area contributed by atoms with Crippen molar-refractivity contribution in [2.24, 2.45) is 5.92 Å². The van der Waals surface area contributed by atoms with E-state index < -0.39 is 5.97 Å². The van der Waals surface area contributed by atoms with Crippen molar-refractivity contribution in [2.45, 2.75) is 45.2 Å². The molecule has 3 heterocycles. The van der Waals surface area contributed by atoms with E-state index in [1.807, 2.05) is 28.8 Å². The summed E-state index contributed by atoms with van der Waals surface area (Å²) >= 11 is 6.04. The highest BCUT2D eigenvalue weighted by atomic mass is 35.5. The summed E-state index contributed by atoms with van der Waals surface area (Å²) in [5.41, 5.74) is 3.68. The molecule has 5 aromatic rings. The van der Waals surface area contributed by atoms with Gasteiger partial charge in [0.25, 0.3) is 5.91 Å². The largest absolute Gasteiger partial charge is 0.464 e. The number of carbonyl (C=O) groups is 2. The first-order chi connectivity index (χ1) is 19.8. The predicted octanol–water partition coefficient (Wildman–Crippen LogP) is 5.07. The molecule has 1 aliphatic carbocycles. The summed E-state index contributed by atoms with van der Waals surface area (Å²) in [6, 6.07) is 14.6. The summed E-state index contributed by atoms with van der Waals surface area (Å²) in [5.74, 6) is -0.465. The van der Waals surface area contributed by atoms with Gasteiger partial charge in [-0.05, 0) is 68.9 Å². The Morgan fingerprint density at radius 2 is 1.85 bits per heavy atom. The van der Waals surface area contributed by atoms with Gasteiger partial charge in [0.15, 0.2) is 11.3 Å². The molecule has 0 spiro atoms. The number of amides is 1. The smallest absolute Gasteiger partial charge is 0.360 e. The fraction of sp³-hybridized carbons (Fsp3) is 0.300. The number of benzene rings is 2. The Labute approximate surface area is 239 Å². The number of halogens is 1. The quantitative estimate of drug-likeness (QED) is 0.282. The second-order valence-corrected chi connectivity index (χ2v) is 10.8. The molecule has 41 heavy (non-hydrogen) atoms. The van der Waals surface area contributed by atoms with E-state index in [0.717, 1.165) is 36.7 Å². The molecule has 1 N–H and O–H groups in total. The van der Waals surface area contributed by atoms with Crippen LogP contribution in [0.1, 0.15) is 52.2 Å². The Morgan fingerprint density at radius 3 is 2.61 bits per heavy atom. The standard InChI is InChI=1S/C30H28ClN5O5/c1-17-23(13-19(31)15-32-17)28(37)33-20-9-7-18(8-10-20)16-35-24-5-3-4-6-25(24)36(30(35)39)21-11-12-22-26(14-21)41-34-27(22)29(38)40-2/h3-6,11-15,18,20H,7-10,16H2,1-2H3,(H,33,37)/t18-,20-. The molecular formula is C30H28ClN5O5. The number of aryl methyl sites for hydroxylation is 1. The maximum Gasteiger partial charge on any atom is 0.360 e. The maximum atomic E-state index is 13.8. The summed E-state index contributed by atoms with van der Waals surface area (Å²) in [5, 5.41) is 7.92. The molecule has 3 aromatic heterocycles. The fourth-order valence-corrected chi connectivity index (χ4v) is 5.85. The number of nitrogens with zero attached hydrogens (tertiary/aromatic N) is 4. The van der Waals surface area contributed by atoms with Gasteiger partial charge in [-0.2, -0.15) is 0 Å². The van der Waals surface area contributed by atoms with Gasteiger partial charge in [0.2, 0.25) is 0 Å². The fourth-order valence-electron chi connectivity index (χ4n) is 5.69. The Kier molecular flexibility index (Phi) is 7.08. The van der Waals surface area contributed by atoms with Crippen molar-refractivity contribution in [3.63, 3.8) is 0 Å². The lowest BCUT2D eigenvalue weighted by Gasteiger charge is -2.29. The van der Waals surface area contributed by atoms with Crippen LogP contribution < -0.4 is 11.0 Å². The van der Waals surface area contributed by atoms with Crippen LogP contribution in [-0.4, -0.2) is 44.3 Å². The van der Waals surface area contributed by atoms with Crippen LogP contribution in [0.25, 0.3) is 27.7 Å². The van der Waals surface area contributed by atoms with Crippen molar-refractivity contribution in [3.05, 3.63) is 87.2 Å². The van der Waals surface area contributed by atoms with Crippen LogP contribution in [0.5, 0.6) is 0 Å². The van der Waals surface area contributed by atoms with E-state index in [1.54, 1.807) is 35.8 Å². The number of pyridine rings is 1. The normalized spacial score (nSPS) is 17.1. The number of hydrogen-bond acceptors (Lipinski definition) is 7. The third-order valence-electron chi connectivity index (χ3n) is 7.85. The topological polar surface area (TPSA) is 121 Å². The van der Waals surface area contributed by atoms with E-state index in [1.165, 1.54) is 13.3 Å². The molecule has 0 unspecified atom stereocenters. The van der Waals surface area contributed by atoms with Crippen molar-refractivity contribution in [3.8, 4) is 5.69 Å². The van der Waals surface area contributed by atoms with E-state index in [-0.39, 0.29) is 29.3 Å². The lowest BCUT2D eigenvalue weighted by atomic mass is 9.85. The number of esters is 1. The van der Waals surface area contributed by atoms with Crippen molar-refractivity contribution in [1.29, 1.82) is 0 Å². The van der Waals surface area contributed by atoms with Crippen LogP contribution in [0.15, 0.2) is 64.0 Å². The maximum absolute atomic E-state index is 13.8. The number of carbonyl (C=O) groups excluding carboxylic acids is 2. The zero-order valence-electron chi connectivity index (χ0n) is 22.6. The molecule has 11 heteroatoms. The van der Waals surface area contributed by atoms with Gasteiger partial charge in [0, 0.05) is 24.8 Å². The molecule has 0 atom stereocenters. The summed E-state index contributed by atoms with van der Waals surface area (Å²) < 4.78 is 13.6. The van der Waals surface area contributed by atoms with Gasteiger partial charge < -0.3 is 14.6 Å². The molecule has 1 amide bonds. The number of aromatic nitrogens is 4. The third-order valence-corrected chi connectivity index (χ3v) is 8.06. The first-order valence-corrected chi connectivity index (χ1v) is 13.8. The summed E-state index contributed by atoms with van der Waals surface area (Å²) in [6.07, 6.45) is 4.93. The summed E-state index contributed by atoms with van der Waals surface area (Å²) in [6.45, 7) is 2.36. The van der Waals surface area contributed by atoms with Crippen LogP contribution >= 0.6 is 11.6 Å². The van der Waals surface area contributed by atoms with Gasteiger partial charge in [-0.1, -0.05) is 28.9 Å². The predicted molar refractivity (Wildman–Crippen MR) is 154 cm³/mol. The molecule has 6 rings (SSSR count). The third kappa shape index (κ3) is 4.99.